The molecule has 1 N–H and O–H groups in total. The summed E-state index contributed by atoms with van der Waals surface area (Å²) in [5.41, 5.74) is -0.830. The molecule has 5 heteroatoms. The minimum atomic E-state index is -1.31. The van der Waals surface area contributed by atoms with E-state index in [4.69, 9.17) is 0 Å². The molecule has 0 spiro atoms. The van der Waals surface area contributed by atoms with E-state index in [0.29, 0.717) is 18.4 Å². The van der Waals surface area contributed by atoms with Gasteiger partial charge in [0.1, 0.15) is 11.6 Å². The van der Waals surface area contributed by atoms with Crippen molar-refractivity contribution in [3.63, 3.8) is 0 Å². The molecule has 2 heterocycles. The third kappa shape index (κ3) is 2.21. The van der Waals surface area contributed by atoms with Crippen LogP contribution in [-0.4, -0.2) is 19.8 Å². The van der Waals surface area contributed by atoms with Crippen LogP contribution in [0.5, 0.6) is 0 Å². The number of fused-ring (bicyclic) bond motifs is 2. The van der Waals surface area contributed by atoms with Crippen molar-refractivity contribution in [2.45, 2.75) is 55.1 Å². The molecule has 3 rings (SSSR count). The SMILES string of the molecule is Cc1cc(C2(O)CC3CCCC(C2)S3=O)c(F)cc1F. The largest absolute Gasteiger partial charge is 0.385 e. The van der Waals surface area contributed by atoms with E-state index in [1.165, 1.54) is 6.07 Å². The quantitative estimate of drug-likeness (QED) is 0.866. The Morgan fingerprint density at radius 1 is 1.20 bits per heavy atom. The minimum Gasteiger partial charge on any atom is -0.385 e. The van der Waals surface area contributed by atoms with Gasteiger partial charge in [-0.05, 0) is 44.2 Å². The summed E-state index contributed by atoms with van der Waals surface area (Å²) in [4.78, 5) is 0. The first-order valence-electron chi connectivity index (χ1n) is 6.98. The fourth-order valence-electron chi connectivity index (χ4n) is 3.52. The van der Waals surface area contributed by atoms with Gasteiger partial charge in [-0.15, -0.1) is 0 Å². The molecule has 0 radical (unpaired) electrons. The van der Waals surface area contributed by atoms with Gasteiger partial charge < -0.3 is 5.11 Å². The lowest BCUT2D eigenvalue weighted by atomic mass is 9.80. The normalized spacial score (nSPS) is 36.9. The molecule has 0 aliphatic carbocycles. The Bertz CT molecular complexity index is 557. The lowest BCUT2D eigenvalue weighted by Gasteiger charge is -2.43. The van der Waals surface area contributed by atoms with Crippen LogP contribution in [0, 0.1) is 18.6 Å². The first-order chi connectivity index (χ1) is 9.40. The molecule has 1 aromatic carbocycles. The van der Waals surface area contributed by atoms with Crippen LogP contribution in [0.3, 0.4) is 0 Å². The third-order valence-corrected chi connectivity index (χ3v) is 6.71. The van der Waals surface area contributed by atoms with Crippen molar-refractivity contribution < 1.29 is 18.1 Å². The van der Waals surface area contributed by atoms with Gasteiger partial charge in [-0.2, -0.15) is 0 Å². The van der Waals surface area contributed by atoms with Crippen molar-refractivity contribution in [2.24, 2.45) is 0 Å². The first kappa shape index (κ1) is 14.1. The van der Waals surface area contributed by atoms with Gasteiger partial charge in [-0.3, -0.25) is 4.21 Å². The highest BCUT2D eigenvalue weighted by Crippen LogP contribution is 2.45. The number of rotatable bonds is 1. The molecule has 2 unspecified atom stereocenters. The van der Waals surface area contributed by atoms with Crippen LogP contribution >= 0.6 is 0 Å². The summed E-state index contributed by atoms with van der Waals surface area (Å²) in [6, 6.07) is 2.23. The van der Waals surface area contributed by atoms with E-state index in [1.54, 1.807) is 6.92 Å². The predicted octanol–water partition coefficient (Wildman–Crippen LogP) is 2.92. The summed E-state index contributed by atoms with van der Waals surface area (Å²) in [5.74, 6) is -1.31. The Balaban J connectivity index is 2.01. The van der Waals surface area contributed by atoms with Crippen LogP contribution in [0.4, 0.5) is 8.78 Å². The fraction of sp³-hybridized carbons (Fsp3) is 0.600. The van der Waals surface area contributed by atoms with Gasteiger partial charge in [0.25, 0.3) is 0 Å². The van der Waals surface area contributed by atoms with Crippen molar-refractivity contribution in [1.29, 1.82) is 0 Å². The zero-order valence-corrected chi connectivity index (χ0v) is 12.2. The van der Waals surface area contributed by atoms with E-state index >= 15 is 0 Å². The van der Waals surface area contributed by atoms with E-state index in [-0.39, 0.29) is 16.1 Å². The van der Waals surface area contributed by atoms with Crippen LogP contribution in [0.15, 0.2) is 12.1 Å². The number of aryl methyl sites for hydroxylation is 1. The summed E-state index contributed by atoms with van der Waals surface area (Å²) >= 11 is 0. The molecule has 2 bridgehead atoms. The molecule has 2 nitrogen and oxygen atoms in total. The maximum Gasteiger partial charge on any atom is 0.132 e. The molecule has 20 heavy (non-hydrogen) atoms. The summed E-state index contributed by atoms with van der Waals surface area (Å²) in [6.45, 7) is 1.56. The summed E-state index contributed by atoms with van der Waals surface area (Å²) < 4.78 is 39.6. The van der Waals surface area contributed by atoms with Gasteiger partial charge in [0.05, 0.1) is 5.60 Å². The Morgan fingerprint density at radius 3 is 2.40 bits per heavy atom. The van der Waals surface area contributed by atoms with E-state index in [2.05, 4.69) is 0 Å². The molecule has 2 saturated heterocycles. The molecule has 1 aromatic rings. The van der Waals surface area contributed by atoms with E-state index in [0.717, 1.165) is 25.3 Å². The summed E-state index contributed by atoms with van der Waals surface area (Å²) in [5, 5.41) is 10.7. The standard InChI is InChI=1S/C15H18F2O2S/c1-9-5-12(14(17)6-13(9)16)15(18)7-10-3-2-4-11(8-15)20(10)19/h5-6,10-11,18H,2-4,7-8H2,1H3. The molecule has 2 aliphatic rings. The predicted molar refractivity (Wildman–Crippen MR) is 73.8 cm³/mol. The Labute approximate surface area is 119 Å². The number of hydrogen-bond donors (Lipinski definition) is 1. The minimum absolute atomic E-state index is 0.0720. The Hall–Kier alpha value is -0.810. The van der Waals surface area contributed by atoms with Gasteiger partial charge in [0, 0.05) is 32.9 Å². The highest BCUT2D eigenvalue weighted by Gasteiger charge is 2.47. The number of hydrogen-bond acceptors (Lipinski definition) is 2. The number of aliphatic hydroxyl groups is 1. The first-order valence-corrected chi connectivity index (χ1v) is 8.26. The molecule has 2 fully saturated rings. The maximum atomic E-state index is 14.1. The van der Waals surface area contributed by atoms with Gasteiger partial charge in [0.15, 0.2) is 0 Å². The van der Waals surface area contributed by atoms with Crippen molar-refractivity contribution in [3.05, 3.63) is 34.9 Å². The van der Waals surface area contributed by atoms with Crippen molar-refractivity contribution in [2.75, 3.05) is 0 Å². The maximum absolute atomic E-state index is 14.1. The average molecular weight is 300 g/mol. The molecule has 0 saturated carbocycles. The van der Waals surface area contributed by atoms with Gasteiger partial charge in [-0.1, -0.05) is 6.42 Å². The fourth-order valence-corrected chi connectivity index (χ4v) is 5.74. The summed E-state index contributed by atoms with van der Waals surface area (Å²) in [7, 11) is -0.929. The van der Waals surface area contributed by atoms with Crippen LogP contribution < -0.4 is 0 Å². The lowest BCUT2D eigenvalue weighted by Crippen LogP contribution is -2.47. The zero-order valence-electron chi connectivity index (χ0n) is 11.4. The van der Waals surface area contributed by atoms with Crippen molar-refractivity contribution >= 4 is 10.8 Å². The molecule has 2 aliphatic heterocycles. The lowest BCUT2D eigenvalue weighted by molar-refractivity contribution is 0.00322. The molecule has 110 valence electrons. The van der Waals surface area contributed by atoms with E-state index < -0.39 is 28.0 Å². The van der Waals surface area contributed by atoms with Crippen LogP contribution in [0.1, 0.15) is 43.2 Å². The van der Waals surface area contributed by atoms with Gasteiger partial charge >= 0.3 is 0 Å². The van der Waals surface area contributed by atoms with Crippen molar-refractivity contribution in [1.82, 2.24) is 0 Å². The molecular formula is C15H18F2O2S. The molecule has 0 aromatic heterocycles. The smallest absolute Gasteiger partial charge is 0.132 e. The second kappa shape index (κ2) is 4.88. The van der Waals surface area contributed by atoms with Crippen molar-refractivity contribution in [3.8, 4) is 0 Å². The molecule has 0 amide bonds. The van der Waals surface area contributed by atoms with Crippen LogP contribution in [0.2, 0.25) is 0 Å². The van der Waals surface area contributed by atoms with E-state index in [9.17, 15) is 18.1 Å². The topological polar surface area (TPSA) is 37.3 Å². The monoisotopic (exact) mass is 300 g/mol. The average Bonchev–Trinajstić information content (AvgIpc) is 2.36. The third-order valence-electron chi connectivity index (χ3n) is 4.59. The van der Waals surface area contributed by atoms with Crippen LogP contribution in [-0.2, 0) is 16.4 Å². The number of halogens is 2. The van der Waals surface area contributed by atoms with Gasteiger partial charge in [0.2, 0.25) is 0 Å². The molecule has 2 atom stereocenters. The molecular weight excluding hydrogens is 282 g/mol. The second-order valence-corrected chi connectivity index (χ2v) is 8.01. The van der Waals surface area contributed by atoms with E-state index in [1.807, 2.05) is 0 Å². The zero-order chi connectivity index (χ0) is 14.5. The summed E-state index contributed by atoms with van der Waals surface area (Å²) in [6.07, 6.45) is 3.25. The number of benzene rings is 1. The Morgan fingerprint density at radius 2 is 1.80 bits per heavy atom. The van der Waals surface area contributed by atoms with Gasteiger partial charge in [-0.25, -0.2) is 8.78 Å². The van der Waals surface area contributed by atoms with Crippen LogP contribution in [0.25, 0.3) is 0 Å². The highest BCUT2D eigenvalue weighted by atomic mass is 32.2. The highest BCUT2D eigenvalue weighted by molar-refractivity contribution is 7.86. The second-order valence-electron chi connectivity index (χ2n) is 6.02. The Kier molecular flexibility index (Phi) is 3.45.